The van der Waals surface area contributed by atoms with Crippen LogP contribution in [0.15, 0.2) is 0 Å². The molecule has 0 heterocycles. The molecule has 0 aliphatic heterocycles. The normalized spacial score (nSPS) is 7.79. The van der Waals surface area contributed by atoms with Crippen molar-refractivity contribution < 1.29 is 70.4 Å². The Morgan fingerprint density at radius 1 is 0.724 bits per heavy atom. The van der Waals surface area contributed by atoms with E-state index in [-0.39, 0.29) is 36.4 Å². The monoisotopic (exact) mass is 500 g/mol. The van der Waals surface area contributed by atoms with Gasteiger partial charge in [0, 0.05) is 0 Å². The van der Waals surface area contributed by atoms with Crippen molar-refractivity contribution >= 4 is 10.1 Å². The van der Waals surface area contributed by atoms with Crippen molar-refractivity contribution in [3.8, 4) is 0 Å². The number of halogens is 12. The summed E-state index contributed by atoms with van der Waals surface area (Å²) >= 11 is 0. The van der Waals surface area contributed by atoms with Gasteiger partial charge in [0.1, 0.15) is 0 Å². The van der Waals surface area contributed by atoms with Crippen molar-refractivity contribution in [3.05, 3.63) is 0 Å². The van der Waals surface area contributed by atoms with E-state index in [9.17, 15) is 61.2 Å². The maximum absolute atomic E-state index is 10.9. The van der Waals surface area contributed by atoms with Gasteiger partial charge >= 0.3 is 15.6 Å². The molecule has 194 valence electrons. The molecule has 0 aromatic carbocycles. The lowest BCUT2D eigenvalue weighted by molar-refractivity contribution is -0.0849. The van der Waals surface area contributed by atoms with Gasteiger partial charge in [0.15, 0.2) is 13.7 Å². The first-order valence-electron chi connectivity index (χ1n) is 4.96. The maximum Gasteiger partial charge on any atom is 0.525 e. The van der Waals surface area contributed by atoms with E-state index in [1.54, 1.807) is 4.39 Å². The van der Waals surface area contributed by atoms with Gasteiger partial charge in [0.2, 0.25) is 13.9 Å². The first-order chi connectivity index (χ1) is 11.5. The number of hydrogen-bond donors (Lipinski definition) is 0. The minimum atomic E-state index is -6.00. The highest BCUT2D eigenvalue weighted by Crippen LogP contribution is 2.24. The van der Waals surface area contributed by atoms with Gasteiger partial charge in [-0.1, -0.05) is 34.1 Å². The van der Waals surface area contributed by atoms with Crippen LogP contribution in [0.1, 0.15) is 36.6 Å². The molecule has 0 aliphatic rings. The van der Waals surface area contributed by atoms with E-state index in [4.69, 9.17) is 0 Å². The Kier molecular flexibility index (Phi) is 122. The van der Waals surface area contributed by atoms with E-state index in [0.717, 1.165) is 0 Å². The molecule has 0 atom stereocenters. The topological polar surface area (TPSA) is 52.6 Å². The van der Waals surface area contributed by atoms with E-state index in [2.05, 4.69) is 4.74 Å². The molecule has 0 fully saturated rings. The number of rotatable bonds is 3. The second-order valence-electron chi connectivity index (χ2n) is 1.85. The van der Waals surface area contributed by atoms with Crippen LogP contribution in [-0.2, 0) is 19.2 Å². The smallest absolute Gasteiger partial charge is 0.319 e. The van der Waals surface area contributed by atoms with Crippen LogP contribution in [0.25, 0.3) is 0 Å². The maximum atomic E-state index is 10.9. The molecule has 29 heavy (non-hydrogen) atoms. The van der Waals surface area contributed by atoms with Crippen LogP contribution >= 0.6 is 0 Å². The zero-order valence-electron chi connectivity index (χ0n) is 12.6. The Labute approximate surface area is 165 Å². The van der Waals surface area contributed by atoms with Crippen LogP contribution in [-0.4, -0.2) is 55.4 Å². The summed E-state index contributed by atoms with van der Waals surface area (Å²) in [6, 6.07) is 0. The van der Waals surface area contributed by atoms with Crippen LogP contribution in [0.3, 0.4) is 0 Å². The molecule has 0 amide bonds. The van der Waals surface area contributed by atoms with Gasteiger partial charge in [-0.15, -0.1) is 0 Å². The highest BCUT2D eigenvalue weighted by Gasteiger charge is 2.48. The van der Waals surface area contributed by atoms with Gasteiger partial charge in [-0.3, -0.25) is 8.78 Å². The van der Waals surface area contributed by atoms with Crippen LogP contribution in [0.2, 0.25) is 0 Å². The molecule has 0 spiro atoms. The Morgan fingerprint density at radius 2 is 0.897 bits per heavy atom. The average molecular weight is 500 g/mol. The lowest BCUT2D eigenvalue weighted by Crippen LogP contribution is -2.22. The molecule has 0 aromatic rings. The highest BCUT2D eigenvalue weighted by atomic mass is 32.2. The van der Waals surface area contributed by atoms with Crippen molar-refractivity contribution in [2.24, 2.45) is 0 Å². The first-order valence-corrected chi connectivity index (χ1v) is 6.37. The van der Waals surface area contributed by atoms with Crippen molar-refractivity contribution in [3.63, 3.8) is 0 Å². The summed E-state index contributed by atoms with van der Waals surface area (Å²) in [4.78, 5) is 0. The van der Waals surface area contributed by atoms with Crippen molar-refractivity contribution in [1.82, 2.24) is 0 Å². The molecular formula is C12H32F12O4S. The quantitative estimate of drug-likeness (QED) is 0.298. The van der Waals surface area contributed by atoms with Gasteiger partial charge in [0.25, 0.3) is 0 Å². The number of ether oxygens (including phenoxy) is 1. The summed E-state index contributed by atoms with van der Waals surface area (Å²) in [5, 5.41) is 0. The molecule has 0 saturated heterocycles. The second kappa shape index (κ2) is 56.3. The molecular weight excluding hydrogens is 468 g/mol. The average Bonchev–Trinajstić information content (AvgIpc) is 2.52. The highest BCUT2D eigenvalue weighted by molar-refractivity contribution is 7.87. The Morgan fingerprint density at radius 3 is 0.897 bits per heavy atom. The summed E-state index contributed by atoms with van der Waals surface area (Å²) in [5.41, 5.74) is -5.68. The predicted molar refractivity (Wildman–Crippen MR) is 90.0 cm³/mol. The molecule has 17 heteroatoms. The molecule has 0 rings (SSSR count). The van der Waals surface area contributed by atoms with E-state index in [0.29, 0.717) is 7.18 Å². The molecule has 0 radical (unpaired) electrons. The van der Waals surface area contributed by atoms with E-state index < -0.39 is 43.2 Å². The van der Waals surface area contributed by atoms with Crippen molar-refractivity contribution in [2.45, 2.75) is 42.1 Å². The number of alkyl halides is 11. The van der Waals surface area contributed by atoms with Gasteiger partial charge < -0.3 is 4.74 Å². The molecule has 4 nitrogen and oxygen atoms in total. The van der Waals surface area contributed by atoms with Gasteiger partial charge in [0.05, 0.1) is 13.9 Å². The zero-order chi connectivity index (χ0) is 21.9. The molecule has 0 N–H and O–H groups in total. The van der Waals surface area contributed by atoms with Gasteiger partial charge in [-0.25, -0.2) is 26.3 Å². The lowest BCUT2D eigenvalue weighted by atomic mass is 10.9. The van der Waals surface area contributed by atoms with Gasteiger partial charge in [-0.05, 0) is 11.4 Å². The summed E-state index contributed by atoms with van der Waals surface area (Å²) < 4.78 is 146. The summed E-state index contributed by atoms with van der Waals surface area (Å²) in [5.74, 6) is 0. The van der Waals surface area contributed by atoms with Crippen LogP contribution in [0.4, 0.5) is 52.8 Å². The molecule has 0 unspecified atom stereocenters. The SMILES string of the molecule is C.C.C.C.CCF.CF.FCF.FCF.FCOCF.O=S(=O)(OF)C(F)(F)F. The summed E-state index contributed by atoms with van der Waals surface area (Å²) in [6.45, 7) is -4.35. The third-order valence-electron chi connectivity index (χ3n) is 0.521. The van der Waals surface area contributed by atoms with E-state index in [1.807, 2.05) is 0 Å². The Balaban J connectivity index is -0.0000000198. The lowest BCUT2D eigenvalue weighted by Gasteiger charge is -1.99. The predicted octanol–water partition coefficient (Wildman–Crippen LogP) is 7.47. The van der Waals surface area contributed by atoms with Crippen LogP contribution in [0.5, 0.6) is 0 Å². The van der Waals surface area contributed by atoms with Crippen molar-refractivity contribution in [2.75, 3.05) is 41.4 Å². The summed E-state index contributed by atoms with van der Waals surface area (Å²) in [7, 11) is -5.50. The minimum absolute atomic E-state index is 0. The van der Waals surface area contributed by atoms with E-state index in [1.165, 1.54) is 6.92 Å². The minimum Gasteiger partial charge on any atom is -0.319 e. The number of hydrogen-bond acceptors (Lipinski definition) is 4. The van der Waals surface area contributed by atoms with Crippen molar-refractivity contribution in [1.29, 1.82) is 0 Å². The van der Waals surface area contributed by atoms with Crippen LogP contribution < -0.4 is 0 Å². The second-order valence-corrected chi connectivity index (χ2v) is 3.35. The Bertz CT molecular complexity index is 274. The summed E-state index contributed by atoms with van der Waals surface area (Å²) in [6.07, 6.45) is 0. The largest absolute Gasteiger partial charge is 0.525 e. The molecule has 0 saturated carbocycles. The molecule has 0 aliphatic carbocycles. The van der Waals surface area contributed by atoms with Crippen LogP contribution in [0, 0.1) is 0 Å². The first kappa shape index (κ1) is 63.0. The fourth-order valence-electron chi connectivity index (χ4n) is 0.0649. The third kappa shape index (κ3) is 99.7. The third-order valence-corrected chi connectivity index (χ3v) is 1.25. The zero-order valence-corrected chi connectivity index (χ0v) is 13.4. The Hall–Kier alpha value is -0.970. The van der Waals surface area contributed by atoms with E-state index >= 15 is 0 Å². The van der Waals surface area contributed by atoms with Gasteiger partial charge in [-0.2, -0.15) is 21.6 Å². The molecule has 0 aromatic heterocycles. The fraction of sp³-hybridized carbons (Fsp3) is 1.00. The fourth-order valence-corrected chi connectivity index (χ4v) is 0.136. The molecule has 0 bridgehead atoms. The standard InChI is InChI=1S/C2H4F2O.C2H5F.CF4O3S.2CH2F2.CH3F.4CH4/c3-1-5-2-4;1-2-3;2-1(3,4)9(6,7)8-5;2*2-1-3;1-2;;;;/h1-2H2;2H2,1H3;;2*1H2;1H3;4*1H4.